The fourth-order valence-corrected chi connectivity index (χ4v) is 7.05. The number of amides is 2. The smallest absolute Gasteiger partial charge is 0.326 e. The van der Waals surface area contributed by atoms with E-state index < -0.39 is 26.8 Å². The Bertz CT molecular complexity index is 1280. The molecule has 2 heterocycles. The molecule has 11 nitrogen and oxygen atoms in total. The fraction of sp³-hybridized carbons (Fsp3) is 0.542. The van der Waals surface area contributed by atoms with Crippen LogP contribution in [0.2, 0.25) is 0 Å². The number of carbonyl (C=O) groups excluding carboxylic acids is 1. The topological polar surface area (TPSA) is 138 Å². The van der Waals surface area contributed by atoms with E-state index in [1.54, 1.807) is 0 Å². The highest BCUT2D eigenvalue weighted by Crippen LogP contribution is 2.39. The van der Waals surface area contributed by atoms with Gasteiger partial charge in [-0.3, -0.25) is 9.15 Å². The van der Waals surface area contributed by atoms with Gasteiger partial charge in [-0.05, 0) is 93.8 Å². The van der Waals surface area contributed by atoms with Crippen molar-refractivity contribution in [2.45, 2.75) is 64.0 Å². The van der Waals surface area contributed by atoms with Crippen LogP contribution in [0, 0.1) is 16.5 Å². The molecule has 1 aromatic heterocycles. The molecule has 0 saturated carbocycles. The van der Waals surface area contributed by atoms with Crippen molar-refractivity contribution in [3.63, 3.8) is 0 Å². The van der Waals surface area contributed by atoms with E-state index in [1.165, 1.54) is 28.2 Å². The van der Waals surface area contributed by atoms with Crippen molar-refractivity contribution < 1.29 is 13.2 Å². The number of nitrogens with zero attached hydrogens (tertiary/aromatic N) is 6. The minimum atomic E-state index is -4.78. The predicted molar refractivity (Wildman–Crippen MR) is 134 cm³/mol. The molecular formula is C24H30N7O4S-. The van der Waals surface area contributed by atoms with E-state index >= 15 is 0 Å². The standard InChI is InChI=1S/C24H30N7O4S/c1-28-11-8-19(9-12-28)30(20-15-26-29(16-20)13-10-25)36(34,35)31(33)24(32)27-23-21-6-2-4-17(21)14-18-5-3-7-22(18)23/h14-16,19H,2-9,11-13H2,1H3,(H,27,32)/q-1. The van der Waals surface area contributed by atoms with Gasteiger partial charge in [0.2, 0.25) is 0 Å². The first kappa shape index (κ1) is 24.5. The van der Waals surface area contributed by atoms with E-state index in [2.05, 4.69) is 21.4 Å². The maximum absolute atomic E-state index is 13.6. The van der Waals surface area contributed by atoms with Crippen LogP contribution in [0.3, 0.4) is 0 Å². The van der Waals surface area contributed by atoms with Crippen molar-refractivity contribution in [1.29, 1.82) is 5.26 Å². The first-order chi connectivity index (χ1) is 17.3. The van der Waals surface area contributed by atoms with Crippen molar-refractivity contribution in [3.8, 4) is 6.07 Å². The highest BCUT2D eigenvalue weighted by molar-refractivity contribution is 7.91. The number of rotatable bonds is 6. The molecule has 3 aliphatic rings. The molecule has 0 unspecified atom stereocenters. The Labute approximate surface area is 211 Å². The number of benzene rings is 1. The van der Waals surface area contributed by atoms with Gasteiger partial charge in [-0.15, -0.1) is 0 Å². The van der Waals surface area contributed by atoms with E-state index in [4.69, 9.17) is 5.26 Å². The maximum Gasteiger partial charge on any atom is 0.326 e. The van der Waals surface area contributed by atoms with Gasteiger partial charge < -0.3 is 15.4 Å². The number of aryl methyl sites for hydroxylation is 2. The predicted octanol–water partition coefficient (Wildman–Crippen LogP) is 2.56. The van der Waals surface area contributed by atoms with Crippen LogP contribution in [-0.4, -0.2) is 59.8 Å². The number of aromatic nitrogens is 2. The summed E-state index contributed by atoms with van der Waals surface area (Å²) in [5.74, 6) is 0. The lowest BCUT2D eigenvalue weighted by Gasteiger charge is -2.41. The largest absolute Gasteiger partial charge is 0.740 e. The number of urea groups is 1. The molecule has 5 rings (SSSR count). The molecule has 1 N–H and O–H groups in total. The van der Waals surface area contributed by atoms with Crippen molar-refractivity contribution in [3.05, 3.63) is 45.9 Å². The van der Waals surface area contributed by atoms with Crippen LogP contribution in [0.15, 0.2) is 18.5 Å². The average molecular weight is 513 g/mol. The minimum absolute atomic E-state index is 0.0624. The first-order valence-electron chi connectivity index (χ1n) is 12.4. The normalized spacial score (nSPS) is 17.9. The van der Waals surface area contributed by atoms with Gasteiger partial charge in [0, 0.05) is 11.7 Å². The van der Waals surface area contributed by atoms with Crippen LogP contribution in [0.4, 0.5) is 16.2 Å². The summed E-state index contributed by atoms with van der Waals surface area (Å²) in [5.41, 5.74) is 5.15. The Hall–Kier alpha value is -3.14. The number of hydroxylamine groups is 1. The number of hydrogen-bond acceptors (Lipinski definition) is 7. The molecule has 1 aliphatic heterocycles. The van der Waals surface area contributed by atoms with Gasteiger partial charge in [-0.1, -0.05) is 6.07 Å². The molecule has 12 heteroatoms. The maximum atomic E-state index is 13.6. The molecule has 1 saturated heterocycles. The summed E-state index contributed by atoms with van der Waals surface area (Å²) in [7, 11) is -2.83. The van der Waals surface area contributed by atoms with Crippen LogP contribution in [0.1, 0.15) is 47.9 Å². The molecule has 0 spiro atoms. The quantitative estimate of drug-likeness (QED) is 0.587. The highest BCUT2D eigenvalue weighted by Gasteiger charge is 2.37. The van der Waals surface area contributed by atoms with Gasteiger partial charge in [0.05, 0.1) is 24.2 Å². The number of nitrogens with one attached hydrogen (secondary N) is 1. The zero-order chi connectivity index (χ0) is 25.4. The Morgan fingerprint density at radius 1 is 1.19 bits per heavy atom. The lowest BCUT2D eigenvalue weighted by atomic mass is 9.99. The summed E-state index contributed by atoms with van der Waals surface area (Å²) in [6.45, 7) is 1.24. The molecule has 2 aromatic rings. The number of likely N-dealkylation sites (tertiary alicyclic amines) is 1. The molecule has 1 fully saturated rings. The summed E-state index contributed by atoms with van der Waals surface area (Å²) in [6.07, 6.45) is 9.09. The third-order valence-corrected chi connectivity index (χ3v) is 9.05. The Morgan fingerprint density at radius 3 is 2.44 bits per heavy atom. The van der Waals surface area contributed by atoms with Crippen LogP contribution >= 0.6 is 0 Å². The zero-order valence-electron chi connectivity index (χ0n) is 20.3. The highest BCUT2D eigenvalue weighted by atomic mass is 32.2. The van der Waals surface area contributed by atoms with Gasteiger partial charge in [0.15, 0.2) is 0 Å². The summed E-state index contributed by atoms with van der Waals surface area (Å²) in [6, 6.07) is 2.43. The third-order valence-electron chi connectivity index (χ3n) is 7.46. The third kappa shape index (κ3) is 4.42. The average Bonchev–Trinajstić information content (AvgIpc) is 3.61. The van der Waals surface area contributed by atoms with Gasteiger partial charge in [0.25, 0.3) is 0 Å². The number of carbonyl (C=O) groups is 1. The van der Waals surface area contributed by atoms with E-state index in [1.807, 2.05) is 13.1 Å². The molecule has 2 aliphatic carbocycles. The van der Waals surface area contributed by atoms with Gasteiger partial charge >= 0.3 is 16.2 Å². The van der Waals surface area contributed by atoms with Crippen molar-refractivity contribution >= 4 is 27.6 Å². The summed E-state index contributed by atoms with van der Waals surface area (Å²) in [4.78, 5) is 15.2. The van der Waals surface area contributed by atoms with E-state index in [-0.39, 0.29) is 12.2 Å². The zero-order valence-corrected chi connectivity index (χ0v) is 21.1. The first-order valence-corrected chi connectivity index (χ1v) is 13.8. The fourth-order valence-electron chi connectivity index (χ4n) is 5.69. The van der Waals surface area contributed by atoms with Crippen LogP contribution in [0.5, 0.6) is 0 Å². The molecule has 36 heavy (non-hydrogen) atoms. The number of nitriles is 1. The lowest BCUT2D eigenvalue weighted by Crippen LogP contribution is -2.52. The summed E-state index contributed by atoms with van der Waals surface area (Å²) in [5, 5.41) is 28.9. The summed E-state index contributed by atoms with van der Waals surface area (Å²) < 4.78 is 29.2. The molecular weight excluding hydrogens is 482 g/mol. The number of fused-ring (bicyclic) bond motifs is 2. The van der Waals surface area contributed by atoms with Crippen LogP contribution in [-0.2, 0) is 42.4 Å². The molecule has 2 amide bonds. The van der Waals surface area contributed by atoms with Gasteiger partial charge in [-0.25, -0.2) is 9.10 Å². The molecule has 1 aromatic carbocycles. The second-order valence-corrected chi connectivity index (χ2v) is 11.4. The van der Waals surface area contributed by atoms with E-state index in [0.717, 1.165) is 54.0 Å². The second kappa shape index (κ2) is 9.72. The van der Waals surface area contributed by atoms with Crippen molar-refractivity contribution in [1.82, 2.24) is 19.1 Å². The summed E-state index contributed by atoms with van der Waals surface area (Å²) >= 11 is 0. The molecule has 0 radical (unpaired) electrons. The van der Waals surface area contributed by atoms with E-state index in [9.17, 15) is 18.4 Å². The molecule has 192 valence electrons. The monoisotopic (exact) mass is 512 g/mol. The van der Waals surface area contributed by atoms with Crippen molar-refractivity contribution in [2.24, 2.45) is 0 Å². The Morgan fingerprint density at radius 2 is 1.83 bits per heavy atom. The second-order valence-electron chi connectivity index (χ2n) is 9.78. The Kier molecular flexibility index (Phi) is 6.63. The Balaban J connectivity index is 1.45. The lowest BCUT2D eigenvalue weighted by molar-refractivity contribution is 0.242. The molecule has 0 atom stereocenters. The number of anilines is 2. The minimum Gasteiger partial charge on any atom is -0.740 e. The van der Waals surface area contributed by atoms with Crippen LogP contribution in [0.25, 0.3) is 0 Å². The molecule has 0 bridgehead atoms. The van der Waals surface area contributed by atoms with Gasteiger partial charge in [-0.2, -0.15) is 18.8 Å². The van der Waals surface area contributed by atoms with E-state index in [0.29, 0.717) is 31.6 Å². The van der Waals surface area contributed by atoms with Crippen molar-refractivity contribution in [2.75, 3.05) is 29.8 Å². The SMILES string of the molecule is CN1CCC(N(c2cnn(CC#N)c2)S(=O)(=O)N([O-])C(=O)Nc2c3c(cc4c2CCC4)CCC3)CC1. The number of hydrogen-bond donors (Lipinski definition) is 1. The van der Waals surface area contributed by atoms with Gasteiger partial charge in [0.1, 0.15) is 6.54 Å². The number of piperidine rings is 1. The van der Waals surface area contributed by atoms with Crippen LogP contribution < -0.4 is 9.62 Å².